The van der Waals surface area contributed by atoms with E-state index in [1.807, 2.05) is 13.8 Å². The fraction of sp³-hybridized carbons (Fsp3) is 1.00. The number of hydrogen-bond donors (Lipinski definition) is 4. The van der Waals surface area contributed by atoms with Crippen molar-refractivity contribution in [2.75, 3.05) is 0 Å². The van der Waals surface area contributed by atoms with Crippen LogP contribution >= 0.6 is 0 Å². The van der Waals surface area contributed by atoms with Crippen LogP contribution in [-0.2, 0) is 10.4 Å². The molecule has 0 bridgehead atoms. The van der Waals surface area contributed by atoms with Crippen LogP contribution in [0.15, 0.2) is 0 Å². The van der Waals surface area contributed by atoms with Crippen LogP contribution in [0.4, 0.5) is 0 Å². The lowest BCUT2D eigenvalue weighted by atomic mass is 11.0. The van der Waals surface area contributed by atoms with E-state index in [0.717, 1.165) is 0 Å². The van der Waals surface area contributed by atoms with E-state index < -0.39 is 10.4 Å². The summed E-state index contributed by atoms with van der Waals surface area (Å²) in [6, 6.07) is 0. The van der Waals surface area contributed by atoms with Crippen molar-refractivity contribution < 1.29 is 17.5 Å². The largest absolute Gasteiger partial charge is 0.394 e. The summed E-state index contributed by atoms with van der Waals surface area (Å²) in [6.07, 6.45) is 0. The van der Waals surface area contributed by atoms with E-state index in [4.69, 9.17) is 17.5 Å². The topological polar surface area (TPSA) is 145 Å². The fourth-order valence-corrected chi connectivity index (χ4v) is 0. The van der Waals surface area contributed by atoms with Gasteiger partial charge in [-0.3, -0.25) is 9.11 Å². The molecule has 6 nitrogen and oxygen atoms in total. The molecule has 0 aromatic rings. The molecule has 0 saturated carbocycles. The monoisotopic (exact) mass is 162 g/mol. The molecule has 0 fully saturated rings. The molecule has 0 atom stereocenters. The summed E-state index contributed by atoms with van der Waals surface area (Å²) >= 11 is 0. The van der Waals surface area contributed by atoms with E-state index >= 15 is 0 Å². The molecule has 0 spiro atoms. The first-order valence-electron chi connectivity index (χ1n) is 1.70. The second kappa shape index (κ2) is 10.7. The summed E-state index contributed by atoms with van der Waals surface area (Å²) < 4.78 is 31.6. The summed E-state index contributed by atoms with van der Waals surface area (Å²) in [4.78, 5) is 0. The highest BCUT2D eigenvalue weighted by atomic mass is 32.3. The predicted octanol–water partition coefficient (Wildman–Crippen LogP) is 0.697. The van der Waals surface area contributed by atoms with E-state index in [2.05, 4.69) is 0 Å². The Morgan fingerprint density at radius 1 is 1.00 bits per heavy atom. The highest BCUT2D eigenvalue weighted by Gasteiger charge is 1.84. The Labute approximate surface area is 55.0 Å². The smallest absolute Gasteiger partial charge is 0.344 e. The molecule has 0 unspecified atom stereocenters. The van der Waals surface area contributed by atoms with Crippen LogP contribution in [0.25, 0.3) is 0 Å². The summed E-state index contributed by atoms with van der Waals surface area (Å²) in [6.45, 7) is 4.00. The van der Waals surface area contributed by atoms with Gasteiger partial charge in [0.2, 0.25) is 0 Å². The van der Waals surface area contributed by atoms with Gasteiger partial charge in [-0.1, -0.05) is 13.8 Å². The maximum Gasteiger partial charge on any atom is 0.394 e. The van der Waals surface area contributed by atoms with Gasteiger partial charge in [0, 0.05) is 0 Å². The molecule has 62 valence electrons. The molecule has 0 rings (SSSR count). The second-order valence-electron chi connectivity index (χ2n) is 0.448. The van der Waals surface area contributed by atoms with Crippen molar-refractivity contribution in [3.63, 3.8) is 0 Å². The van der Waals surface area contributed by atoms with E-state index in [1.54, 1.807) is 0 Å². The van der Waals surface area contributed by atoms with Crippen molar-refractivity contribution >= 4 is 10.4 Å². The summed E-state index contributed by atoms with van der Waals surface area (Å²) in [5.74, 6) is 0. The Hall–Kier alpha value is -0.210. The van der Waals surface area contributed by atoms with E-state index in [0.29, 0.717) is 0 Å². The van der Waals surface area contributed by atoms with Gasteiger partial charge in [-0.2, -0.15) is 8.42 Å². The Morgan fingerprint density at radius 2 is 1.00 bits per heavy atom. The van der Waals surface area contributed by atoms with Crippen molar-refractivity contribution in [3.05, 3.63) is 0 Å². The number of rotatable bonds is 0. The zero-order chi connectivity index (χ0) is 6.50. The molecule has 0 aliphatic carbocycles. The van der Waals surface area contributed by atoms with Crippen molar-refractivity contribution in [3.8, 4) is 0 Å². The molecule has 0 aromatic heterocycles. The second-order valence-corrected chi connectivity index (χ2v) is 1.34. The quantitative estimate of drug-likeness (QED) is 0.386. The van der Waals surface area contributed by atoms with Crippen LogP contribution in [0.3, 0.4) is 0 Å². The fourth-order valence-electron chi connectivity index (χ4n) is 0. The van der Waals surface area contributed by atoms with Crippen molar-refractivity contribution in [1.82, 2.24) is 12.3 Å². The summed E-state index contributed by atoms with van der Waals surface area (Å²) in [7, 11) is -4.67. The highest BCUT2D eigenvalue weighted by molar-refractivity contribution is 7.79. The third-order valence-corrected chi connectivity index (χ3v) is 0. The standard InChI is InChI=1S/C2H6.2H3N.H2O4S/c1-2;;;1-5(2,3)4/h1-2H3;2*1H3;(H2,1,2,3,4). The maximum atomic E-state index is 8.74. The van der Waals surface area contributed by atoms with Gasteiger partial charge in [0.05, 0.1) is 0 Å². The molecule has 0 saturated heterocycles. The molecule has 0 heterocycles. The average molecular weight is 162 g/mol. The van der Waals surface area contributed by atoms with Crippen LogP contribution in [0.1, 0.15) is 13.8 Å². The summed E-state index contributed by atoms with van der Waals surface area (Å²) in [5, 5.41) is 0. The molecule has 0 radical (unpaired) electrons. The highest BCUT2D eigenvalue weighted by Crippen LogP contribution is 1.59. The van der Waals surface area contributed by atoms with E-state index in [-0.39, 0.29) is 12.3 Å². The van der Waals surface area contributed by atoms with Crippen LogP contribution in [0.5, 0.6) is 0 Å². The van der Waals surface area contributed by atoms with Gasteiger partial charge in [0.15, 0.2) is 0 Å². The molecule has 8 N–H and O–H groups in total. The molecule has 0 aliphatic heterocycles. The zero-order valence-corrected chi connectivity index (χ0v) is 6.35. The molecule has 0 aliphatic rings. The molecular formula is C2H14N2O4S. The Balaban J connectivity index is -0.0000000286. The first kappa shape index (κ1) is 23.2. The van der Waals surface area contributed by atoms with Crippen molar-refractivity contribution in [1.29, 1.82) is 0 Å². The lowest BCUT2D eigenvalue weighted by Gasteiger charge is -1.68. The van der Waals surface area contributed by atoms with Gasteiger partial charge >= 0.3 is 10.4 Å². The van der Waals surface area contributed by atoms with Crippen LogP contribution in [0, 0.1) is 0 Å². The third kappa shape index (κ3) is 5920. The molecule has 0 amide bonds. The van der Waals surface area contributed by atoms with Crippen molar-refractivity contribution in [2.24, 2.45) is 0 Å². The van der Waals surface area contributed by atoms with Gasteiger partial charge in [-0.25, -0.2) is 0 Å². The first-order valence-corrected chi connectivity index (χ1v) is 3.10. The molecular weight excluding hydrogens is 148 g/mol. The molecule has 0 aromatic carbocycles. The van der Waals surface area contributed by atoms with Crippen LogP contribution in [0.2, 0.25) is 0 Å². The minimum atomic E-state index is -4.67. The zero-order valence-electron chi connectivity index (χ0n) is 5.53. The van der Waals surface area contributed by atoms with Gasteiger partial charge in [0.25, 0.3) is 0 Å². The Kier molecular flexibility index (Phi) is 27.7. The first-order chi connectivity index (χ1) is 3.00. The lowest BCUT2D eigenvalue weighted by molar-refractivity contribution is 0.381. The minimum absolute atomic E-state index is 0. The van der Waals surface area contributed by atoms with Gasteiger partial charge < -0.3 is 12.3 Å². The van der Waals surface area contributed by atoms with Gasteiger partial charge in [0.1, 0.15) is 0 Å². The average Bonchev–Trinajstić information content (AvgIpc) is 1.36. The number of hydrogen-bond acceptors (Lipinski definition) is 4. The van der Waals surface area contributed by atoms with E-state index in [9.17, 15) is 0 Å². The summed E-state index contributed by atoms with van der Waals surface area (Å²) in [5.41, 5.74) is 0. The van der Waals surface area contributed by atoms with E-state index in [1.165, 1.54) is 0 Å². The van der Waals surface area contributed by atoms with Gasteiger partial charge in [-0.15, -0.1) is 0 Å². The molecule has 7 heteroatoms. The SMILES string of the molecule is CC.N.N.O=S(=O)(O)O. The Morgan fingerprint density at radius 3 is 1.00 bits per heavy atom. The normalized spacial score (nSPS) is 7.11. The van der Waals surface area contributed by atoms with Gasteiger partial charge in [-0.05, 0) is 0 Å². The minimum Gasteiger partial charge on any atom is -0.344 e. The molecule has 9 heavy (non-hydrogen) atoms. The van der Waals surface area contributed by atoms with Crippen molar-refractivity contribution in [2.45, 2.75) is 13.8 Å². The maximum absolute atomic E-state index is 8.74. The lowest BCUT2D eigenvalue weighted by Crippen LogP contribution is -1.89. The predicted molar refractivity (Wildman–Crippen MR) is 35.6 cm³/mol. The third-order valence-electron chi connectivity index (χ3n) is 0. The van der Waals surface area contributed by atoms with Crippen LogP contribution in [-0.4, -0.2) is 17.5 Å². The Bertz CT molecular complexity index is 99.7. The van der Waals surface area contributed by atoms with Crippen LogP contribution < -0.4 is 12.3 Å².